The lowest BCUT2D eigenvalue weighted by atomic mass is 10.0. The van der Waals surface area contributed by atoms with Crippen LogP contribution in [-0.4, -0.2) is 24.3 Å². The largest absolute Gasteiger partial charge is 0.325 e. The molecule has 2 N–H and O–H groups in total. The van der Waals surface area contributed by atoms with Gasteiger partial charge in [-0.2, -0.15) is 5.10 Å². The van der Waals surface area contributed by atoms with Gasteiger partial charge < -0.3 is 10.3 Å². The molecule has 2 rings (SSSR count). The van der Waals surface area contributed by atoms with Gasteiger partial charge in [0.05, 0.1) is 24.1 Å². The summed E-state index contributed by atoms with van der Waals surface area (Å²) >= 11 is 0. The van der Waals surface area contributed by atoms with Crippen molar-refractivity contribution in [1.29, 1.82) is 0 Å². The molecule has 2 aromatic rings. The van der Waals surface area contributed by atoms with E-state index in [0.29, 0.717) is 6.54 Å². The second-order valence-electron chi connectivity index (χ2n) is 4.46. The van der Waals surface area contributed by atoms with Crippen LogP contribution in [0.1, 0.15) is 25.4 Å². The Balaban J connectivity index is 2.25. The van der Waals surface area contributed by atoms with Gasteiger partial charge in [0, 0.05) is 13.2 Å². The van der Waals surface area contributed by atoms with Crippen LogP contribution in [0.3, 0.4) is 0 Å². The standard InChI is InChI=1S/C10H16N6/c1-10(2,11)8-4-12-6-16(8)5-9-13-7-15(3)14-9/h4,6-7H,5,11H2,1-3H3. The molecule has 0 aliphatic rings. The fourth-order valence-corrected chi connectivity index (χ4v) is 1.59. The molecule has 6 heteroatoms. The summed E-state index contributed by atoms with van der Waals surface area (Å²) in [5, 5.41) is 4.22. The summed E-state index contributed by atoms with van der Waals surface area (Å²) < 4.78 is 3.65. The van der Waals surface area contributed by atoms with Crippen LogP contribution in [0.5, 0.6) is 0 Å². The monoisotopic (exact) mass is 220 g/mol. The van der Waals surface area contributed by atoms with Crippen molar-refractivity contribution < 1.29 is 0 Å². The van der Waals surface area contributed by atoms with Crippen LogP contribution in [-0.2, 0) is 19.1 Å². The predicted molar refractivity (Wildman–Crippen MR) is 59.5 cm³/mol. The van der Waals surface area contributed by atoms with Gasteiger partial charge in [0.1, 0.15) is 6.33 Å². The molecular formula is C10H16N6. The third-order valence-electron chi connectivity index (χ3n) is 2.33. The van der Waals surface area contributed by atoms with E-state index in [1.54, 1.807) is 23.5 Å². The SMILES string of the molecule is Cn1cnc(Cn2cncc2C(C)(C)N)n1. The van der Waals surface area contributed by atoms with Gasteiger partial charge in [-0.15, -0.1) is 0 Å². The third-order valence-corrected chi connectivity index (χ3v) is 2.33. The first-order valence-electron chi connectivity index (χ1n) is 5.11. The number of hydrogen-bond acceptors (Lipinski definition) is 4. The Kier molecular flexibility index (Phi) is 2.51. The van der Waals surface area contributed by atoms with Crippen LogP contribution in [0.15, 0.2) is 18.9 Å². The van der Waals surface area contributed by atoms with E-state index in [4.69, 9.17) is 5.73 Å². The molecule has 0 spiro atoms. The molecule has 0 saturated heterocycles. The molecule has 6 nitrogen and oxygen atoms in total. The summed E-state index contributed by atoms with van der Waals surface area (Å²) in [5.74, 6) is 0.756. The highest BCUT2D eigenvalue weighted by Crippen LogP contribution is 2.16. The van der Waals surface area contributed by atoms with Gasteiger partial charge in [-0.3, -0.25) is 4.68 Å². The van der Waals surface area contributed by atoms with Crippen molar-refractivity contribution in [2.45, 2.75) is 25.9 Å². The Morgan fingerprint density at radius 3 is 2.69 bits per heavy atom. The summed E-state index contributed by atoms with van der Waals surface area (Å²) in [4.78, 5) is 8.29. The van der Waals surface area contributed by atoms with Crippen LogP contribution in [0.4, 0.5) is 0 Å². The number of imidazole rings is 1. The lowest BCUT2D eigenvalue weighted by Crippen LogP contribution is -2.31. The minimum atomic E-state index is -0.411. The van der Waals surface area contributed by atoms with Crippen molar-refractivity contribution in [2.24, 2.45) is 12.8 Å². The maximum atomic E-state index is 6.05. The van der Waals surface area contributed by atoms with Crippen LogP contribution in [0.2, 0.25) is 0 Å². The zero-order valence-corrected chi connectivity index (χ0v) is 9.75. The molecule has 0 fully saturated rings. The molecule has 0 atom stereocenters. The Morgan fingerprint density at radius 1 is 1.38 bits per heavy atom. The van der Waals surface area contributed by atoms with Gasteiger partial charge in [-0.05, 0) is 13.8 Å². The maximum Gasteiger partial charge on any atom is 0.170 e. The normalized spacial score (nSPS) is 12.0. The summed E-state index contributed by atoms with van der Waals surface area (Å²) in [6.07, 6.45) is 5.21. The smallest absolute Gasteiger partial charge is 0.170 e. The number of nitrogens with two attached hydrogens (primary N) is 1. The highest BCUT2D eigenvalue weighted by molar-refractivity contribution is 5.11. The lowest BCUT2D eigenvalue weighted by molar-refractivity contribution is 0.499. The number of nitrogens with zero attached hydrogens (tertiary/aromatic N) is 5. The van der Waals surface area contributed by atoms with Crippen LogP contribution >= 0.6 is 0 Å². The Morgan fingerprint density at radius 2 is 2.12 bits per heavy atom. The molecule has 86 valence electrons. The first kappa shape index (κ1) is 10.8. The molecule has 2 heterocycles. The van der Waals surface area contributed by atoms with Crippen molar-refractivity contribution >= 4 is 0 Å². The number of rotatable bonds is 3. The van der Waals surface area contributed by atoms with Gasteiger partial charge >= 0.3 is 0 Å². The second-order valence-corrected chi connectivity index (χ2v) is 4.46. The van der Waals surface area contributed by atoms with Gasteiger partial charge in [0.15, 0.2) is 5.82 Å². The van der Waals surface area contributed by atoms with Crippen molar-refractivity contribution in [3.8, 4) is 0 Å². The Labute approximate surface area is 94.1 Å². The highest BCUT2D eigenvalue weighted by atomic mass is 15.3. The van der Waals surface area contributed by atoms with Crippen molar-refractivity contribution in [3.05, 3.63) is 30.4 Å². The van der Waals surface area contributed by atoms with E-state index in [1.807, 2.05) is 25.5 Å². The Bertz CT molecular complexity index is 475. The summed E-state index contributed by atoms with van der Waals surface area (Å²) in [6, 6.07) is 0. The topological polar surface area (TPSA) is 74.5 Å². The highest BCUT2D eigenvalue weighted by Gasteiger charge is 2.19. The molecule has 16 heavy (non-hydrogen) atoms. The van der Waals surface area contributed by atoms with Crippen LogP contribution in [0, 0.1) is 0 Å². The molecule has 0 unspecified atom stereocenters. The lowest BCUT2D eigenvalue weighted by Gasteiger charge is -2.19. The summed E-state index contributed by atoms with van der Waals surface area (Å²) in [6.45, 7) is 4.50. The van der Waals surface area contributed by atoms with E-state index >= 15 is 0 Å². The minimum absolute atomic E-state index is 0.411. The minimum Gasteiger partial charge on any atom is -0.325 e. The quantitative estimate of drug-likeness (QED) is 0.804. The molecule has 0 radical (unpaired) electrons. The molecule has 0 aliphatic heterocycles. The molecule has 0 saturated carbocycles. The fraction of sp³-hybridized carbons (Fsp3) is 0.500. The molecule has 0 amide bonds. The first-order valence-corrected chi connectivity index (χ1v) is 5.11. The fourth-order valence-electron chi connectivity index (χ4n) is 1.59. The van der Waals surface area contributed by atoms with Crippen molar-refractivity contribution in [1.82, 2.24) is 24.3 Å². The molecule has 0 bridgehead atoms. The molecule has 2 aromatic heterocycles. The van der Waals surface area contributed by atoms with E-state index in [0.717, 1.165) is 11.5 Å². The zero-order valence-electron chi connectivity index (χ0n) is 9.75. The third kappa shape index (κ3) is 2.11. The van der Waals surface area contributed by atoms with E-state index in [2.05, 4.69) is 15.1 Å². The zero-order chi connectivity index (χ0) is 11.8. The van der Waals surface area contributed by atoms with E-state index in [-0.39, 0.29) is 0 Å². The van der Waals surface area contributed by atoms with Gasteiger partial charge in [0.2, 0.25) is 0 Å². The average molecular weight is 220 g/mol. The van der Waals surface area contributed by atoms with Crippen molar-refractivity contribution in [2.75, 3.05) is 0 Å². The average Bonchev–Trinajstić information content (AvgIpc) is 2.74. The van der Waals surface area contributed by atoms with E-state index in [9.17, 15) is 0 Å². The van der Waals surface area contributed by atoms with E-state index < -0.39 is 5.54 Å². The molecular weight excluding hydrogens is 204 g/mol. The van der Waals surface area contributed by atoms with Crippen LogP contribution < -0.4 is 5.73 Å². The predicted octanol–water partition coefficient (Wildman–Crippen LogP) is 0.254. The second kappa shape index (κ2) is 3.71. The van der Waals surface area contributed by atoms with Crippen molar-refractivity contribution in [3.63, 3.8) is 0 Å². The molecule has 0 aromatic carbocycles. The van der Waals surface area contributed by atoms with Gasteiger partial charge in [-0.1, -0.05) is 0 Å². The molecule has 0 aliphatic carbocycles. The number of hydrogen-bond donors (Lipinski definition) is 1. The van der Waals surface area contributed by atoms with Crippen LogP contribution in [0.25, 0.3) is 0 Å². The van der Waals surface area contributed by atoms with Gasteiger partial charge in [0.25, 0.3) is 0 Å². The first-order chi connectivity index (χ1) is 7.47. The number of aryl methyl sites for hydroxylation is 1. The van der Waals surface area contributed by atoms with Gasteiger partial charge in [-0.25, -0.2) is 9.97 Å². The summed E-state index contributed by atoms with van der Waals surface area (Å²) in [5.41, 5.74) is 6.61. The maximum absolute atomic E-state index is 6.05. The summed E-state index contributed by atoms with van der Waals surface area (Å²) in [7, 11) is 1.85. The number of aromatic nitrogens is 5. The Hall–Kier alpha value is -1.69. The van der Waals surface area contributed by atoms with E-state index in [1.165, 1.54) is 0 Å².